The van der Waals surface area contributed by atoms with E-state index in [0.717, 1.165) is 75.7 Å². The molecule has 0 spiro atoms. The minimum absolute atomic E-state index is 0.00233. The molecule has 0 saturated heterocycles. The van der Waals surface area contributed by atoms with Crippen LogP contribution in [0.1, 0.15) is 96.0 Å². The lowest BCUT2D eigenvalue weighted by molar-refractivity contribution is -0.123. The van der Waals surface area contributed by atoms with Crippen LogP contribution in [0, 0.1) is 5.82 Å². The molecule has 42 heavy (non-hydrogen) atoms. The predicted octanol–water partition coefficient (Wildman–Crippen LogP) is 6.42. The van der Waals surface area contributed by atoms with E-state index in [2.05, 4.69) is 15.0 Å². The van der Waals surface area contributed by atoms with Crippen molar-refractivity contribution in [1.82, 2.24) is 15.0 Å². The molecule has 0 radical (unpaired) electrons. The lowest BCUT2D eigenvalue weighted by Gasteiger charge is -2.33. The molecule has 2 fully saturated rings. The van der Waals surface area contributed by atoms with E-state index in [1.807, 2.05) is 0 Å². The second kappa shape index (κ2) is 13.6. The lowest BCUT2D eigenvalue weighted by atomic mass is 9.94. The molecule has 5 rings (SSSR count). The van der Waals surface area contributed by atoms with Crippen LogP contribution in [0.4, 0.5) is 15.8 Å². The first-order valence-corrected chi connectivity index (χ1v) is 15.7. The predicted molar refractivity (Wildman–Crippen MR) is 163 cm³/mol. The van der Waals surface area contributed by atoms with Crippen LogP contribution in [0.3, 0.4) is 0 Å². The summed E-state index contributed by atoms with van der Waals surface area (Å²) in [5.41, 5.74) is 6.95. The third-order valence-electron chi connectivity index (χ3n) is 8.03. The van der Waals surface area contributed by atoms with Gasteiger partial charge >= 0.3 is 0 Å². The van der Waals surface area contributed by atoms with E-state index in [9.17, 15) is 18.8 Å². The number of aromatic nitrogens is 1. The number of nitrogens with one attached hydrogen (secondary N) is 2. The van der Waals surface area contributed by atoms with Gasteiger partial charge in [0.15, 0.2) is 5.69 Å². The minimum atomic E-state index is -1.17. The second-order valence-corrected chi connectivity index (χ2v) is 12.2. The molecule has 0 aliphatic heterocycles. The summed E-state index contributed by atoms with van der Waals surface area (Å²) >= 11 is 6.95. The Kier molecular flexibility index (Phi) is 9.74. The van der Waals surface area contributed by atoms with Crippen LogP contribution in [0.25, 0.3) is 0 Å². The van der Waals surface area contributed by atoms with E-state index in [0.29, 0.717) is 10.6 Å². The van der Waals surface area contributed by atoms with Gasteiger partial charge in [-0.25, -0.2) is 4.39 Å². The number of halogens is 2. The maximum absolute atomic E-state index is 14.6. The highest BCUT2D eigenvalue weighted by Gasteiger charge is 2.37. The fourth-order valence-corrected chi connectivity index (χ4v) is 6.69. The fourth-order valence-electron chi connectivity index (χ4n) is 5.82. The van der Waals surface area contributed by atoms with Crippen LogP contribution in [-0.4, -0.2) is 34.2 Å². The van der Waals surface area contributed by atoms with Crippen LogP contribution in [0.2, 0.25) is 5.02 Å². The van der Waals surface area contributed by atoms with Gasteiger partial charge in [0, 0.05) is 22.8 Å². The van der Waals surface area contributed by atoms with Gasteiger partial charge in [-0.3, -0.25) is 19.3 Å². The van der Waals surface area contributed by atoms with Gasteiger partial charge in [-0.1, -0.05) is 68.3 Å². The van der Waals surface area contributed by atoms with E-state index < -0.39 is 29.6 Å². The highest BCUT2D eigenvalue weighted by Crippen LogP contribution is 2.34. The summed E-state index contributed by atoms with van der Waals surface area (Å²) in [7, 11) is 0. The number of nitrogen functional groups attached to an aromatic ring is 1. The molecule has 222 valence electrons. The van der Waals surface area contributed by atoms with Gasteiger partial charge in [0.05, 0.1) is 5.69 Å². The van der Waals surface area contributed by atoms with Gasteiger partial charge in [-0.05, 0) is 73.1 Å². The molecule has 11 heteroatoms. The zero-order valence-electron chi connectivity index (χ0n) is 23.3. The first-order valence-electron chi connectivity index (χ1n) is 14.5. The third kappa shape index (κ3) is 6.93. The number of nitrogens with two attached hydrogens (primary N) is 1. The number of hydrogen-bond acceptors (Lipinski definition) is 6. The van der Waals surface area contributed by atoms with Crippen LogP contribution >= 0.6 is 23.1 Å². The van der Waals surface area contributed by atoms with Crippen molar-refractivity contribution in [3.05, 3.63) is 75.5 Å². The smallest absolute Gasteiger partial charge is 0.273 e. The van der Waals surface area contributed by atoms with Crippen molar-refractivity contribution in [2.24, 2.45) is 0 Å². The molecule has 2 aliphatic rings. The molecule has 3 amide bonds. The van der Waals surface area contributed by atoms with Crippen molar-refractivity contribution in [1.29, 1.82) is 0 Å². The van der Waals surface area contributed by atoms with Gasteiger partial charge in [-0.2, -0.15) is 4.37 Å². The number of carbonyl (C=O) groups is 3. The summed E-state index contributed by atoms with van der Waals surface area (Å²) in [6.45, 7) is 0. The summed E-state index contributed by atoms with van der Waals surface area (Å²) < 4.78 is 18.8. The van der Waals surface area contributed by atoms with Crippen LogP contribution < -0.4 is 21.3 Å². The first-order chi connectivity index (χ1) is 20.3. The van der Waals surface area contributed by atoms with Crippen molar-refractivity contribution in [2.45, 2.75) is 82.3 Å². The Balaban J connectivity index is 1.52. The van der Waals surface area contributed by atoms with Crippen molar-refractivity contribution in [3.63, 3.8) is 0 Å². The normalized spacial score (nSPS) is 16.9. The van der Waals surface area contributed by atoms with Crippen molar-refractivity contribution in [3.8, 4) is 0 Å². The molecule has 1 aromatic heterocycles. The van der Waals surface area contributed by atoms with E-state index in [-0.39, 0.29) is 34.0 Å². The van der Waals surface area contributed by atoms with Crippen LogP contribution in [-0.2, 0) is 4.79 Å². The third-order valence-corrected chi connectivity index (χ3v) is 9.13. The summed E-state index contributed by atoms with van der Waals surface area (Å²) in [4.78, 5) is 42.7. The Morgan fingerprint density at radius 3 is 2.17 bits per heavy atom. The molecule has 0 unspecified atom stereocenters. The maximum atomic E-state index is 14.6. The SMILES string of the molecule is Nc1c(C(=O)NC2CCCCC2)nsc1C(=O)N(c1cccc(F)c1)[C@H](C(=O)NC1CCCCC1)c1ccc(Cl)cc1. The summed E-state index contributed by atoms with van der Waals surface area (Å²) in [6, 6.07) is 11.0. The molecular formula is C31H35ClFN5O3S. The maximum Gasteiger partial charge on any atom is 0.273 e. The average molecular weight is 612 g/mol. The second-order valence-electron chi connectivity index (χ2n) is 11.0. The largest absolute Gasteiger partial charge is 0.395 e. The molecule has 3 aromatic rings. The number of amides is 3. The standard InChI is InChI=1S/C31H35ClFN5O3S/c32-20-16-14-19(15-17-20)27(30(40)36-23-11-5-2-6-12-23)38(24-13-7-8-21(33)18-24)31(41)28-25(34)26(37-42-28)29(39)35-22-9-3-1-4-10-22/h7-8,13-18,22-23,27H,1-6,9-12,34H2,(H,35,39)(H,36,40)/t27-/m0/s1. The number of hydrogen-bond donors (Lipinski definition) is 3. The number of rotatable bonds is 8. The average Bonchev–Trinajstić information content (AvgIpc) is 3.38. The molecule has 2 aliphatic carbocycles. The van der Waals surface area contributed by atoms with Gasteiger partial charge < -0.3 is 16.4 Å². The lowest BCUT2D eigenvalue weighted by Crippen LogP contribution is -2.47. The van der Waals surface area contributed by atoms with Gasteiger partial charge in [0.25, 0.3) is 11.8 Å². The summed E-state index contributed by atoms with van der Waals surface area (Å²) in [5.74, 6) is -2.07. The van der Waals surface area contributed by atoms with Crippen molar-refractivity contribution >= 4 is 52.2 Å². The molecule has 2 saturated carbocycles. The van der Waals surface area contributed by atoms with Crippen molar-refractivity contribution < 1.29 is 18.8 Å². The summed E-state index contributed by atoms with van der Waals surface area (Å²) in [5, 5.41) is 6.57. The Bertz CT molecular complexity index is 1420. The van der Waals surface area contributed by atoms with E-state index in [4.69, 9.17) is 17.3 Å². The molecule has 8 nitrogen and oxygen atoms in total. The Morgan fingerprint density at radius 1 is 0.929 bits per heavy atom. The minimum Gasteiger partial charge on any atom is -0.395 e. The molecule has 4 N–H and O–H groups in total. The fraction of sp³-hybridized carbons (Fsp3) is 0.419. The van der Waals surface area contributed by atoms with Crippen LogP contribution in [0.5, 0.6) is 0 Å². The van der Waals surface area contributed by atoms with Gasteiger partial charge in [-0.15, -0.1) is 0 Å². The number of carbonyl (C=O) groups excluding carboxylic acids is 3. The molecule has 1 heterocycles. The summed E-state index contributed by atoms with van der Waals surface area (Å²) in [6.07, 6.45) is 9.80. The van der Waals surface area contributed by atoms with E-state index in [1.54, 1.807) is 30.3 Å². The van der Waals surface area contributed by atoms with E-state index >= 15 is 0 Å². The quantitative estimate of drug-likeness (QED) is 0.272. The Morgan fingerprint density at radius 2 is 1.55 bits per heavy atom. The first kappa shape index (κ1) is 30.0. The number of nitrogens with zero attached hydrogens (tertiary/aromatic N) is 2. The topological polar surface area (TPSA) is 117 Å². The highest BCUT2D eigenvalue weighted by atomic mass is 35.5. The molecule has 1 atom stereocenters. The molecule has 2 aromatic carbocycles. The zero-order chi connectivity index (χ0) is 29.6. The Hall–Kier alpha value is -3.50. The number of anilines is 2. The van der Waals surface area contributed by atoms with Gasteiger partial charge in [0.2, 0.25) is 5.91 Å². The Labute approximate surface area is 254 Å². The van der Waals surface area contributed by atoms with Gasteiger partial charge in [0.1, 0.15) is 16.7 Å². The molecular weight excluding hydrogens is 577 g/mol. The monoisotopic (exact) mass is 611 g/mol. The van der Waals surface area contributed by atoms with Crippen molar-refractivity contribution in [2.75, 3.05) is 10.6 Å². The number of benzene rings is 2. The van der Waals surface area contributed by atoms with E-state index in [1.165, 1.54) is 23.1 Å². The zero-order valence-corrected chi connectivity index (χ0v) is 24.9. The molecule has 0 bridgehead atoms. The highest BCUT2D eigenvalue weighted by molar-refractivity contribution is 7.09. The van der Waals surface area contributed by atoms with Crippen LogP contribution in [0.15, 0.2) is 48.5 Å².